The molecule has 0 saturated carbocycles. The maximum absolute atomic E-state index is 9.18. The molecule has 0 heterocycles. The van der Waals surface area contributed by atoms with Crippen molar-refractivity contribution in [1.29, 1.82) is 0 Å². The van der Waals surface area contributed by atoms with E-state index >= 15 is 0 Å². The number of phenolic OH excluding ortho intramolecular Hbond substituents is 1. The van der Waals surface area contributed by atoms with Crippen LogP contribution in [0.2, 0.25) is 0 Å². The molecule has 1 aromatic rings. The summed E-state index contributed by atoms with van der Waals surface area (Å²) in [6.07, 6.45) is 2.31. The average molecular weight is 215 g/mol. The van der Waals surface area contributed by atoms with Gasteiger partial charge in [0, 0.05) is 10.0 Å². The molecule has 0 saturated heterocycles. The molecule has 0 aliphatic rings. The van der Waals surface area contributed by atoms with Crippen molar-refractivity contribution in [3.8, 4) is 5.75 Å². The first-order valence-corrected chi connectivity index (χ1v) is 3.82. The number of halogens is 1. The smallest absolute Gasteiger partial charge is 0.122 e. The van der Waals surface area contributed by atoms with Crippen LogP contribution in [-0.2, 0) is 0 Å². The van der Waals surface area contributed by atoms with Gasteiger partial charge in [-0.15, -0.1) is 0 Å². The van der Waals surface area contributed by atoms with E-state index in [1.54, 1.807) is 18.2 Å². The minimum absolute atomic E-state index is 0.151. The first kappa shape index (κ1) is 8.14. The van der Waals surface area contributed by atoms with Crippen molar-refractivity contribution in [1.82, 2.24) is 0 Å². The van der Waals surface area contributed by atoms with Gasteiger partial charge < -0.3 is 10.2 Å². The Balaban J connectivity index is 3.12. The summed E-state index contributed by atoms with van der Waals surface area (Å²) in [5, 5.41) is 17.6. The van der Waals surface area contributed by atoms with E-state index in [2.05, 4.69) is 15.9 Å². The van der Waals surface area contributed by atoms with Gasteiger partial charge in [0.05, 0.1) is 6.26 Å². The van der Waals surface area contributed by atoms with Gasteiger partial charge in [0.2, 0.25) is 0 Å². The quantitative estimate of drug-likeness (QED) is 0.707. The fraction of sp³-hybridized carbons (Fsp3) is 0. The molecule has 0 unspecified atom stereocenters. The summed E-state index contributed by atoms with van der Waals surface area (Å²) < 4.78 is 0.864. The number of hydrogen-bond donors (Lipinski definition) is 2. The highest BCUT2D eigenvalue weighted by atomic mass is 79.9. The van der Waals surface area contributed by atoms with Crippen molar-refractivity contribution in [3.05, 3.63) is 34.5 Å². The molecule has 58 valence electrons. The minimum Gasteiger partial charge on any atom is -0.516 e. The Morgan fingerprint density at radius 1 is 1.36 bits per heavy atom. The highest BCUT2D eigenvalue weighted by Gasteiger charge is 1.96. The summed E-state index contributed by atoms with van der Waals surface area (Å²) in [5.74, 6) is 0.151. The molecule has 0 bridgehead atoms. The summed E-state index contributed by atoms with van der Waals surface area (Å²) in [7, 11) is 0. The fourth-order valence-corrected chi connectivity index (χ4v) is 1.12. The zero-order valence-electron chi connectivity index (χ0n) is 5.66. The van der Waals surface area contributed by atoms with Gasteiger partial charge in [0.25, 0.3) is 0 Å². The molecule has 0 aliphatic carbocycles. The topological polar surface area (TPSA) is 40.5 Å². The number of benzene rings is 1. The van der Waals surface area contributed by atoms with Gasteiger partial charge in [0.1, 0.15) is 5.75 Å². The Hall–Kier alpha value is -0.960. The van der Waals surface area contributed by atoms with Crippen LogP contribution >= 0.6 is 15.9 Å². The van der Waals surface area contributed by atoms with E-state index in [0.29, 0.717) is 5.56 Å². The molecular weight excluding hydrogens is 208 g/mol. The lowest BCUT2D eigenvalue weighted by Crippen LogP contribution is -1.74. The van der Waals surface area contributed by atoms with Crippen molar-refractivity contribution in [3.63, 3.8) is 0 Å². The SMILES string of the molecule is O/C=C/c1cc(Br)ccc1O. The van der Waals surface area contributed by atoms with Crippen molar-refractivity contribution in [2.75, 3.05) is 0 Å². The maximum Gasteiger partial charge on any atom is 0.122 e. The summed E-state index contributed by atoms with van der Waals surface area (Å²) in [6, 6.07) is 4.99. The Labute approximate surface area is 72.9 Å². The predicted octanol–water partition coefficient (Wildman–Crippen LogP) is 2.68. The van der Waals surface area contributed by atoms with Crippen molar-refractivity contribution in [2.24, 2.45) is 0 Å². The Kier molecular flexibility index (Phi) is 2.54. The van der Waals surface area contributed by atoms with Gasteiger partial charge >= 0.3 is 0 Å². The molecule has 0 aromatic heterocycles. The van der Waals surface area contributed by atoms with E-state index in [1.165, 1.54) is 6.08 Å². The van der Waals surface area contributed by atoms with Crippen molar-refractivity contribution < 1.29 is 10.2 Å². The third-order valence-corrected chi connectivity index (χ3v) is 1.74. The lowest BCUT2D eigenvalue weighted by Gasteiger charge is -1.97. The van der Waals surface area contributed by atoms with E-state index in [0.717, 1.165) is 10.7 Å². The summed E-state index contributed by atoms with van der Waals surface area (Å²) >= 11 is 3.24. The van der Waals surface area contributed by atoms with E-state index in [9.17, 15) is 5.11 Å². The normalized spacial score (nSPS) is 10.6. The number of aliphatic hydroxyl groups excluding tert-OH is 1. The lowest BCUT2D eigenvalue weighted by molar-refractivity contribution is 0.469. The number of aliphatic hydroxyl groups is 1. The van der Waals surface area contributed by atoms with Crippen LogP contribution < -0.4 is 0 Å². The van der Waals surface area contributed by atoms with Crippen LogP contribution in [0.25, 0.3) is 6.08 Å². The van der Waals surface area contributed by atoms with Crippen LogP contribution in [-0.4, -0.2) is 10.2 Å². The largest absolute Gasteiger partial charge is 0.516 e. The number of aromatic hydroxyl groups is 1. The molecule has 0 aliphatic heterocycles. The average Bonchev–Trinajstić information content (AvgIpc) is 1.98. The van der Waals surface area contributed by atoms with Gasteiger partial charge in [-0.25, -0.2) is 0 Å². The van der Waals surface area contributed by atoms with Crippen LogP contribution in [0.1, 0.15) is 5.56 Å². The third kappa shape index (κ3) is 1.98. The molecule has 0 radical (unpaired) electrons. The maximum atomic E-state index is 9.18. The lowest BCUT2D eigenvalue weighted by atomic mass is 10.2. The van der Waals surface area contributed by atoms with Crippen LogP contribution in [0.5, 0.6) is 5.75 Å². The molecule has 0 atom stereocenters. The monoisotopic (exact) mass is 214 g/mol. The predicted molar refractivity (Wildman–Crippen MR) is 47.5 cm³/mol. The first-order valence-electron chi connectivity index (χ1n) is 3.03. The van der Waals surface area contributed by atoms with Gasteiger partial charge in [-0.2, -0.15) is 0 Å². The fourth-order valence-electron chi connectivity index (χ4n) is 0.739. The molecule has 0 fully saturated rings. The molecule has 1 aromatic carbocycles. The Morgan fingerprint density at radius 3 is 2.73 bits per heavy atom. The summed E-state index contributed by atoms with van der Waals surface area (Å²) in [5.41, 5.74) is 0.585. The van der Waals surface area contributed by atoms with Gasteiger partial charge in [-0.3, -0.25) is 0 Å². The molecular formula is C8H7BrO2. The number of phenols is 1. The third-order valence-electron chi connectivity index (χ3n) is 1.24. The Morgan fingerprint density at radius 2 is 2.09 bits per heavy atom. The minimum atomic E-state index is 0.151. The number of hydrogen-bond acceptors (Lipinski definition) is 2. The highest BCUT2D eigenvalue weighted by molar-refractivity contribution is 9.10. The molecule has 2 N–H and O–H groups in total. The standard InChI is InChI=1S/C8H7BrO2/c9-7-1-2-8(11)6(5-7)3-4-10/h1-5,10-11H/b4-3+. The second kappa shape index (κ2) is 3.44. The van der Waals surface area contributed by atoms with E-state index in [1.807, 2.05) is 0 Å². The van der Waals surface area contributed by atoms with E-state index < -0.39 is 0 Å². The van der Waals surface area contributed by atoms with Crippen LogP contribution in [0.3, 0.4) is 0 Å². The van der Waals surface area contributed by atoms with Crippen LogP contribution in [0.15, 0.2) is 28.9 Å². The molecule has 2 nitrogen and oxygen atoms in total. The molecule has 3 heteroatoms. The number of rotatable bonds is 1. The zero-order chi connectivity index (χ0) is 8.27. The Bertz CT molecular complexity index is 281. The second-order valence-corrected chi connectivity index (χ2v) is 2.93. The zero-order valence-corrected chi connectivity index (χ0v) is 7.25. The van der Waals surface area contributed by atoms with Gasteiger partial charge in [-0.1, -0.05) is 15.9 Å². The van der Waals surface area contributed by atoms with Gasteiger partial charge in [0.15, 0.2) is 0 Å². The summed E-state index contributed by atoms with van der Waals surface area (Å²) in [4.78, 5) is 0. The molecule has 0 amide bonds. The highest BCUT2D eigenvalue weighted by Crippen LogP contribution is 2.22. The molecule has 0 spiro atoms. The molecule has 1 rings (SSSR count). The van der Waals surface area contributed by atoms with Crippen molar-refractivity contribution in [2.45, 2.75) is 0 Å². The van der Waals surface area contributed by atoms with Crippen molar-refractivity contribution >= 4 is 22.0 Å². The summed E-state index contributed by atoms with van der Waals surface area (Å²) in [6.45, 7) is 0. The van der Waals surface area contributed by atoms with E-state index in [-0.39, 0.29) is 5.75 Å². The van der Waals surface area contributed by atoms with Crippen LogP contribution in [0.4, 0.5) is 0 Å². The second-order valence-electron chi connectivity index (χ2n) is 2.02. The van der Waals surface area contributed by atoms with E-state index in [4.69, 9.17) is 5.11 Å². The first-order chi connectivity index (χ1) is 5.24. The van der Waals surface area contributed by atoms with Crippen LogP contribution in [0, 0.1) is 0 Å². The molecule has 11 heavy (non-hydrogen) atoms. The van der Waals surface area contributed by atoms with Gasteiger partial charge in [-0.05, 0) is 24.3 Å².